The molecule has 0 aromatic carbocycles. The minimum atomic E-state index is -2.58. The molecule has 88 valence electrons. The van der Waals surface area contributed by atoms with E-state index in [1.165, 1.54) is 0 Å². The highest BCUT2D eigenvalue weighted by Crippen LogP contribution is 2.37. The van der Waals surface area contributed by atoms with Crippen LogP contribution in [0.2, 0.25) is 0 Å². The summed E-state index contributed by atoms with van der Waals surface area (Å²) in [5, 5.41) is 0. The van der Waals surface area contributed by atoms with Crippen LogP contribution in [0.15, 0.2) is 0 Å². The van der Waals surface area contributed by atoms with Gasteiger partial charge in [-0.3, -0.25) is 4.79 Å². The molecule has 1 saturated carbocycles. The van der Waals surface area contributed by atoms with E-state index in [1.807, 2.05) is 0 Å². The molecule has 0 spiro atoms. The Hall–Kier alpha value is -0.710. The Morgan fingerprint density at radius 1 is 1.53 bits per heavy atom. The van der Waals surface area contributed by atoms with E-state index in [2.05, 4.69) is 0 Å². The van der Waals surface area contributed by atoms with Gasteiger partial charge in [0, 0.05) is 12.8 Å². The molecular formula is C10H17F2NO2. The second-order valence-electron chi connectivity index (χ2n) is 3.97. The van der Waals surface area contributed by atoms with E-state index in [0.717, 1.165) is 0 Å². The summed E-state index contributed by atoms with van der Waals surface area (Å²) in [6, 6.07) is -0.749. The van der Waals surface area contributed by atoms with Crippen LogP contribution >= 0.6 is 0 Å². The standard InChI is InChI=1S/C10H17F2NO2/c1-2-15-9(14)8(13)7-3-5-10(11,12)6-4-7/h7-8H,2-6,13H2,1H3/t8-/m0/s1. The van der Waals surface area contributed by atoms with Crippen molar-refractivity contribution in [1.82, 2.24) is 0 Å². The molecule has 0 aliphatic heterocycles. The van der Waals surface area contributed by atoms with E-state index in [0.29, 0.717) is 12.8 Å². The van der Waals surface area contributed by atoms with Crippen molar-refractivity contribution in [1.29, 1.82) is 0 Å². The quantitative estimate of drug-likeness (QED) is 0.738. The van der Waals surface area contributed by atoms with Gasteiger partial charge in [0.2, 0.25) is 5.92 Å². The largest absolute Gasteiger partial charge is 0.465 e. The van der Waals surface area contributed by atoms with Gasteiger partial charge in [0.25, 0.3) is 0 Å². The van der Waals surface area contributed by atoms with Crippen LogP contribution in [0.1, 0.15) is 32.6 Å². The molecule has 1 atom stereocenters. The van der Waals surface area contributed by atoms with Crippen LogP contribution in [-0.4, -0.2) is 24.5 Å². The summed E-state index contributed by atoms with van der Waals surface area (Å²) >= 11 is 0. The number of alkyl halides is 2. The number of hydrogen-bond donors (Lipinski definition) is 1. The number of ether oxygens (including phenoxy) is 1. The average molecular weight is 221 g/mol. The number of halogens is 2. The lowest BCUT2D eigenvalue weighted by Gasteiger charge is -2.30. The van der Waals surface area contributed by atoms with E-state index in [4.69, 9.17) is 10.5 Å². The summed E-state index contributed by atoms with van der Waals surface area (Å²) in [6.45, 7) is 1.97. The van der Waals surface area contributed by atoms with Crippen molar-refractivity contribution >= 4 is 5.97 Å². The molecule has 1 fully saturated rings. The van der Waals surface area contributed by atoms with Gasteiger partial charge in [-0.1, -0.05) is 0 Å². The third-order valence-electron chi connectivity index (χ3n) is 2.83. The molecule has 15 heavy (non-hydrogen) atoms. The van der Waals surface area contributed by atoms with Crippen molar-refractivity contribution in [2.45, 2.75) is 44.6 Å². The molecule has 3 nitrogen and oxygen atoms in total. The van der Waals surface area contributed by atoms with E-state index in [-0.39, 0.29) is 25.4 Å². The van der Waals surface area contributed by atoms with Crippen LogP contribution in [0.25, 0.3) is 0 Å². The monoisotopic (exact) mass is 221 g/mol. The number of nitrogens with two attached hydrogens (primary N) is 1. The van der Waals surface area contributed by atoms with Gasteiger partial charge in [0.1, 0.15) is 6.04 Å². The maximum Gasteiger partial charge on any atom is 0.323 e. The van der Waals surface area contributed by atoms with Gasteiger partial charge in [-0.15, -0.1) is 0 Å². The Kier molecular flexibility index (Phi) is 4.02. The Labute approximate surface area is 88.0 Å². The molecule has 1 rings (SSSR count). The fourth-order valence-corrected chi connectivity index (χ4v) is 1.85. The van der Waals surface area contributed by atoms with Crippen molar-refractivity contribution in [3.63, 3.8) is 0 Å². The zero-order chi connectivity index (χ0) is 11.5. The molecule has 0 saturated heterocycles. The third-order valence-corrected chi connectivity index (χ3v) is 2.83. The van der Waals surface area contributed by atoms with Gasteiger partial charge in [-0.25, -0.2) is 8.78 Å². The summed E-state index contributed by atoms with van der Waals surface area (Å²) in [5.74, 6) is -3.22. The van der Waals surface area contributed by atoms with E-state index in [1.54, 1.807) is 6.92 Å². The summed E-state index contributed by atoms with van der Waals surface area (Å²) in [5.41, 5.74) is 5.65. The predicted molar refractivity (Wildman–Crippen MR) is 51.5 cm³/mol. The lowest BCUT2D eigenvalue weighted by molar-refractivity contribution is -0.147. The molecule has 0 bridgehead atoms. The fraction of sp³-hybridized carbons (Fsp3) is 0.900. The highest BCUT2D eigenvalue weighted by Gasteiger charge is 2.38. The number of carbonyl (C=O) groups excluding carboxylic acids is 1. The van der Waals surface area contributed by atoms with Crippen molar-refractivity contribution in [3.8, 4) is 0 Å². The van der Waals surface area contributed by atoms with Crippen molar-refractivity contribution in [2.75, 3.05) is 6.61 Å². The van der Waals surface area contributed by atoms with Crippen molar-refractivity contribution in [2.24, 2.45) is 11.7 Å². The van der Waals surface area contributed by atoms with Crippen LogP contribution in [0.4, 0.5) is 8.78 Å². The topological polar surface area (TPSA) is 52.3 Å². The van der Waals surface area contributed by atoms with E-state index >= 15 is 0 Å². The minimum Gasteiger partial charge on any atom is -0.465 e. The first-order valence-electron chi connectivity index (χ1n) is 5.26. The maximum absolute atomic E-state index is 12.8. The Balaban J connectivity index is 2.42. The fourth-order valence-electron chi connectivity index (χ4n) is 1.85. The molecule has 0 unspecified atom stereocenters. The van der Waals surface area contributed by atoms with Crippen LogP contribution in [0, 0.1) is 5.92 Å². The second-order valence-corrected chi connectivity index (χ2v) is 3.97. The third kappa shape index (κ3) is 3.41. The minimum absolute atomic E-state index is 0.163. The Morgan fingerprint density at radius 2 is 2.07 bits per heavy atom. The van der Waals surface area contributed by atoms with Gasteiger partial charge in [0.05, 0.1) is 6.61 Å². The first kappa shape index (κ1) is 12.4. The first-order valence-corrected chi connectivity index (χ1v) is 5.26. The summed E-state index contributed by atoms with van der Waals surface area (Å²) in [7, 11) is 0. The van der Waals surface area contributed by atoms with Crippen molar-refractivity contribution < 1.29 is 18.3 Å². The molecule has 0 aromatic heterocycles. The molecule has 0 aromatic rings. The zero-order valence-corrected chi connectivity index (χ0v) is 8.84. The number of esters is 1. The van der Waals surface area contributed by atoms with E-state index in [9.17, 15) is 13.6 Å². The molecule has 1 aliphatic carbocycles. The Bertz CT molecular complexity index is 223. The number of hydrogen-bond acceptors (Lipinski definition) is 3. The van der Waals surface area contributed by atoms with Crippen molar-refractivity contribution in [3.05, 3.63) is 0 Å². The molecule has 0 radical (unpaired) electrons. The number of rotatable bonds is 3. The summed E-state index contributed by atoms with van der Waals surface area (Å²) < 4.78 is 30.4. The maximum atomic E-state index is 12.8. The molecule has 1 aliphatic rings. The normalized spacial score (nSPS) is 23.5. The van der Waals surface area contributed by atoms with Crippen LogP contribution in [0.5, 0.6) is 0 Å². The highest BCUT2D eigenvalue weighted by atomic mass is 19.3. The van der Waals surface area contributed by atoms with E-state index < -0.39 is 17.9 Å². The Morgan fingerprint density at radius 3 is 2.53 bits per heavy atom. The molecule has 0 heterocycles. The lowest BCUT2D eigenvalue weighted by atomic mass is 9.82. The number of carbonyl (C=O) groups is 1. The van der Waals surface area contributed by atoms with Gasteiger partial charge in [-0.2, -0.15) is 0 Å². The summed E-state index contributed by atoms with van der Waals surface area (Å²) in [6.07, 6.45) is 0.246. The van der Waals surface area contributed by atoms with Gasteiger partial charge >= 0.3 is 5.97 Å². The van der Waals surface area contributed by atoms with Crippen LogP contribution in [-0.2, 0) is 9.53 Å². The van der Waals surface area contributed by atoms with Gasteiger partial charge < -0.3 is 10.5 Å². The second kappa shape index (κ2) is 4.88. The molecule has 5 heteroatoms. The summed E-state index contributed by atoms with van der Waals surface area (Å²) in [4.78, 5) is 11.3. The lowest BCUT2D eigenvalue weighted by Crippen LogP contribution is -2.42. The SMILES string of the molecule is CCOC(=O)[C@@H](N)C1CCC(F)(F)CC1. The zero-order valence-electron chi connectivity index (χ0n) is 8.84. The molecular weight excluding hydrogens is 204 g/mol. The molecule has 2 N–H and O–H groups in total. The van der Waals surface area contributed by atoms with Crippen LogP contribution in [0.3, 0.4) is 0 Å². The van der Waals surface area contributed by atoms with Gasteiger partial charge in [0.15, 0.2) is 0 Å². The smallest absolute Gasteiger partial charge is 0.323 e. The highest BCUT2D eigenvalue weighted by molar-refractivity contribution is 5.75. The molecule has 0 amide bonds. The van der Waals surface area contributed by atoms with Gasteiger partial charge in [-0.05, 0) is 25.7 Å². The average Bonchev–Trinajstić information content (AvgIpc) is 2.17. The van der Waals surface area contributed by atoms with Crippen LogP contribution < -0.4 is 5.73 Å². The first-order chi connectivity index (χ1) is 6.96. The predicted octanol–water partition coefficient (Wildman–Crippen LogP) is 1.70.